The first-order valence-corrected chi connectivity index (χ1v) is 8.04. The third kappa shape index (κ3) is 4.49. The summed E-state index contributed by atoms with van der Waals surface area (Å²) in [6.07, 6.45) is 9.15. The molecule has 0 radical (unpaired) electrons. The Hall–Kier alpha value is -1.08. The molecule has 2 aliphatic rings. The largest absolute Gasteiger partial charge is 0.381 e. The highest BCUT2D eigenvalue weighted by Gasteiger charge is 2.38. The summed E-state index contributed by atoms with van der Waals surface area (Å²) in [5, 5.41) is 12.3. The van der Waals surface area contributed by atoms with Gasteiger partial charge in [0.15, 0.2) is 0 Å². The van der Waals surface area contributed by atoms with Crippen molar-refractivity contribution < 1.29 is 9.53 Å². The van der Waals surface area contributed by atoms with E-state index < -0.39 is 5.41 Å². The van der Waals surface area contributed by atoms with E-state index in [-0.39, 0.29) is 5.91 Å². The van der Waals surface area contributed by atoms with Gasteiger partial charge >= 0.3 is 0 Å². The molecule has 0 unspecified atom stereocenters. The van der Waals surface area contributed by atoms with Crippen molar-refractivity contribution in [1.29, 1.82) is 5.26 Å². The number of nitriles is 1. The van der Waals surface area contributed by atoms with E-state index in [9.17, 15) is 10.1 Å². The first-order valence-electron chi connectivity index (χ1n) is 8.04. The number of nitrogens with one attached hydrogen (secondary N) is 1. The maximum absolute atomic E-state index is 12.3. The van der Waals surface area contributed by atoms with Crippen LogP contribution in [0, 0.1) is 22.7 Å². The lowest BCUT2D eigenvalue weighted by Crippen LogP contribution is -2.40. The molecule has 20 heavy (non-hydrogen) atoms. The fourth-order valence-corrected chi connectivity index (χ4v) is 2.80. The molecule has 2 saturated carbocycles. The summed E-state index contributed by atoms with van der Waals surface area (Å²) in [6, 6.07) is 2.29. The second-order valence-electron chi connectivity index (χ2n) is 6.24. The van der Waals surface area contributed by atoms with Gasteiger partial charge in [-0.3, -0.25) is 4.79 Å². The standard InChI is InChI=1S/C16H26N2O2/c17-13-16(8-3-1-2-4-9-16)15(19)18-10-5-11-20-12-14-6-7-14/h14H,1-12H2,(H,18,19). The fourth-order valence-electron chi connectivity index (χ4n) is 2.80. The molecule has 0 spiro atoms. The van der Waals surface area contributed by atoms with Crippen molar-refractivity contribution in [3.63, 3.8) is 0 Å². The normalized spacial score (nSPS) is 21.8. The molecule has 1 amide bonds. The Labute approximate surface area is 121 Å². The van der Waals surface area contributed by atoms with Crippen LogP contribution in [-0.4, -0.2) is 25.7 Å². The quantitative estimate of drug-likeness (QED) is 0.575. The van der Waals surface area contributed by atoms with Crippen LogP contribution in [0.2, 0.25) is 0 Å². The predicted molar refractivity (Wildman–Crippen MR) is 76.9 cm³/mol. The number of rotatable bonds is 7. The Balaban J connectivity index is 1.64. The van der Waals surface area contributed by atoms with Crippen LogP contribution in [0.3, 0.4) is 0 Å². The summed E-state index contributed by atoms with van der Waals surface area (Å²) in [5.74, 6) is 0.724. The van der Waals surface area contributed by atoms with Gasteiger partial charge in [-0.25, -0.2) is 0 Å². The van der Waals surface area contributed by atoms with Gasteiger partial charge in [-0.2, -0.15) is 5.26 Å². The summed E-state index contributed by atoms with van der Waals surface area (Å²) in [4.78, 5) is 12.3. The Kier molecular flexibility index (Phi) is 5.85. The predicted octanol–water partition coefficient (Wildman–Crippen LogP) is 2.78. The molecule has 0 aromatic heterocycles. The molecule has 4 nitrogen and oxygen atoms in total. The van der Waals surface area contributed by atoms with Crippen molar-refractivity contribution in [2.24, 2.45) is 11.3 Å². The first kappa shape index (κ1) is 15.3. The summed E-state index contributed by atoms with van der Waals surface area (Å²) in [5.41, 5.74) is -0.772. The van der Waals surface area contributed by atoms with Crippen LogP contribution >= 0.6 is 0 Å². The van der Waals surface area contributed by atoms with E-state index >= 15 is 0 Å². The molecule has 0 saturated heterocycles. The van der Waals surface area contributed by atoms with Crippen molar-refractivity contribution in [3.8, 4) is 6.07 Å². The molecule has 0 aliphatic heterocycles. The summed E-state index contributed by atoms with van der Waals surface area (Å²) in [6.45, 7) is 2.19. The minimum absolute atomic E-state index is 0.0657. The van der Waals surface area contributed by atoms with Gasteiger partial charge in [0.1, 0.15) is 5.41 Å². The van der Waals surface area contributed by atoms with Crippen LogP contribution in [-0.2, 0) is 9.53 Å². The topological polar surface area (TPSA) is 62.1 Å². The third-order valence-electron chi connectivity index (χ3n) is 4.41. The molecule has 1 N–H and O–H groups in total. The Morgan fingerprint density at radius 2 is 1.95 bits per heavy atom. The molecule has 2 aliphatic carbocycles. The van der Waals surface area contributed by atoms with Crippen LogP contribution in [0.1, 0.15) is 57.8 Å². The lowest BCUT2D eigenvalue weighted by Gasteiger charge is -2.23. The third-order valence-corrected chi connectivity index (χ3v) is 4.41. The van der Waals surface area contributed by atoms with Gasteiger partial charge in [-0.1, -0.05) is 25.7 Å². The van der Waals surface area contributed by atoms with E-state index in [2.05, 4.69) is 11.4 Å². The van der Waals surface area contributed by atoms with Gasteiger partial charge in [-0.05, 0) is 38.0 Å². The van der Waals surface area contributed by atoms with Crippen molar-refractivity contribution >= 4 is 5.91 Å². The minimum atomic E-state index is -0.772. The van der Waals surface area contributed by atoms with Gasteiger partial charge in [-0.15, -0.1) is 0 Å². The molecule has 112 valence electrons. The van der Waals surface area contributed by atoms with Crippen LogP contribution < -0.4 is 5.32 Å². The molecular weight excluding hydrogens is 252 g/mol. The fraction of sp³-hybridized carbons (Fsp3) is 0.875. The monoisotopic (exact) mass is 278 g/mol. The van der Waals surface area contributed by atoms with Gasteiger partial charge in [0.25, 0.3) is 0 Å². The molecule has 2 fully saturated rings. The van der Waals surface area contributed by atoms with Crippen LogP contribution in [0.15, 0.2) is 0 Å². The second-order valence-corrected chi connectivity index (χ2v) is 6.24. The smallest absolute Gasteiger partial charge is 0.240 e. The Bertz CT molecular complexity index is 350. The maximum atomic E-state index is 12.3. The van der Waals surface area contributed by atoms with Gasteiger partial charge in [0, 0.05) is 19.8 Å². The zero-order chi connectivity index (χ0) is 14.3. The van der Waals surface area contributed by atoms with Crippen molar-refractivity contribution in [3.05, 3.63) is 0 Å². The van der Waals surface area contributed by atoms with Crippen molar-refractivity contribution in [2.75, 3.05) is 19.8 Å². The molecule has 0 aromatic rings. The minimum Gasteiger partial charge on any atom is -0.381 e. The molecular formula is C16H26N2O2. The molecule has 0 atom stereocenters. The van der Waals surface area contributed by atoms with E-state index in [1.807, 2.05) is 0 Å². The highest BCUT2D eigenvalue weighted by molar-refractivity contribution is 5.85. The molecule has 4 heteroatoms. The Morgan fingerprint density at radius 1 is 1.25 bits per heavy atom. The van der Waals surface area contributed by atoms with E-state index in [0.717, 1.165) is 44.6 Å². The summed E-state index contributed by atoms with van der Waals surface area (Å²) in [7, 11) is 0. The number of hydrogen-bond acceptors (Lipinski definition) is 3. The number of carbonyl (C=O) groups excluding carboxylic acids is 1. The van der Waals surface area contributed by atoms with Crippen LogP contribution in [0.25, 0.3) is 0 Å². The van der Waals surface area contributed by atoms with E-state index in [0.29, 0.717) is 26.0 Å². The van der Waals surface area contributed by atoms with Gasteiger partial charge < -0.3 is 10.1 Å². The number of nitrogens with zero attached hydrogens (tertiary/aromatic N) is 1. The van der Waals surface area contributed by atoms with Crippen molar-refractivity contribution in [2.45, 2.75) is 57.8 Å². The van der Waals surface area contributed by atoms with Crippen LogP contribution in [0.4, 0.5) is 0 Å². The SMILES string of the molecule is N#CC1(C(=O)NCCCOCC2CC2)CCCCCC1. The van der Waals surface area contributed by atoms with Gasteiger partial charge in [0.05, 0.1) is 6.07 Å². The average Bonchev–Trinajstić information content (AvgIpc) is 3.28. The molecule has 0 bridgehead atoms. The lowest BCUT2D eigenvalue weighted by molar-refractivity contribution is -0.128. The zero-order valence-electron chi connectivity index (χ0n) is 12.3. The number of carbonyl (C=O) groups is 1. The molecule has 0 heterocycles. The number of hydrogen-bond donors (Lipinski definition) is 1. The zero-order valence-corrected chi connectivity index (χ0v) is 12.3. The van der Waals surface area contributed by atoms with E-state index in [1.165, 1.54) is 12.8 Å². The molecule has 2 rings (SSSR count). The highest BCUT2D eigenvalue weighted by Crippen LogP contribution is 2.34. The first-order chi connectivity index (χ1) is 9.77. The number of amides is 1. The lowest BCUT2D eigenvalue weighted by atomic mass is 9.81. The van der Waals surface area contributed by atoms with Crippen molar-refractivity contribution in [1.82, 2.24) is 5.32 Å². The van der Waals surface area contributed by atoms with Gasteiger partial charge in [0.2, 0.25) is 5.91 Å². The summed E-state index contributed by atoms with van der Waals surface area (Å²) >= 11 is 0. The summed E-state index contributed by atoms with van der Waals surface area (Å²) < 4.78 is 5.54. The highest BCUT2D eigenvalue weighted by atomic mass is 16.5. The number of ether oxygens (including phenoxy) is 1. The second kappa shape index (κ2) is 7.64. The average molecular weight is 278 g/mol. The molecule has 0 aromatic carbocycles. The Morgan fingerprint density at radius 3 is 2.55 bits per heavy atom. The maximum Gasteiger partial charge on any atom is 0.240 e. The van der Waals surface area contributed by atoms with Crippen LogP contribution in [0.5, 0.6) is 0 Å². The van der Waals surface area contributed by atoms with E-state index in [1.54, 1.807) is 0 Å². The van der Waals surface area contributed by atoms with E-state index in [4.69, 9.17) is 4.74 Å².